The van der Waals surface area contributed by atoms with Gasteiger partial charge in [0.05, 0.1) is 5.02 Å². The Morgan fingerprint density at radius 1 is 1.56 bits per heavy atom. The third-order valence-corrected chi connectivity index (χ3v) is 3.05. The van der Waals surface area contributed by atoms with Crippen molar-refractivity contribution in [2.24, 2.45) is 5.73 Å². The fraction of sp³-hybridized carbons (Fsp3) is 0.364. The molecule has 1 atom stereocenters. The number of halogens is 1. The predicted octanol–water partition coefficient (Wildman–Crippen LogP) is 1.62. The van der Waals surface area contributed by atoms with E-state index in [4.69, 9.17) is 22.4 Å². The average molecular weight is 244 g/mol. The highest BCUT2D eigenvalue weighted by Crippen LogP contribution is 2.32. The summed E-state index contributed by atoms with van der Waals surface area (Å²) in [5, 5.41) is 18.5. The van der Waals surface area contributed by atoms with Gasteiger partial charge in [-0.2, -0.15) is 0 Å². The number of hydrogen-bond acceptors (Lipinski definition) is 3. The Balaban J connectivity index is 3.14. The van der Waals surface area contributed by atoms with Gasteiger partial charge in [0.2, 0.25) is 0 Å². The summed E-state index contributed by atoms with van der Waals surface area (Å²) in [6.45, 7) is 3.52. The maximum Gasteiger partial charge on any atom is 0.320 e. The van der Waals surface area contributed by atoms with Gasteiger partial charge in [0, 0.05) is 0 Å². The van der Waals surface area contributed by atoms with Gasteiger partial charge in [-0.15, -0.1) is 0 Å². The molecule has 0 aliphatic carbocycles. The minimum Gasteiger partial charge on any atom is -0.506 e. The second kappa shape index (κ2) is 4.72. The van der Waals surface area contributed by atoms with Crippen molar-refractivity contribution in [1.29, 1.82) is 0 Å². The van der Waals surface area contributed by atoms with Crippen LogP contribution in [-0.4, -0.2) is 22.2 Å². The molecule has 0 aliphatic rings. The number of nitrogens with two attached hydrogens (primary N) is 1. The van der Waals surface area contributed by atoms with E-state index in [-0.39, 0.29) is 17.2 Å². The smallest absolute Gasteiger partial charge is 0.320 e. The maximum absolute atomic E-state index is 10.7. The van der Waals surface area contributed by atoms with Gasteiger partial charge >= 0.3 is 5.97 Å². The molecule has 0 saturated carbocycles. The fourth-order valence-corrected chi connectivity index (χ4v) is 1.77. The van der Waals surface area contributed by atoms with Crippen LogP contribution in [0, 0.1) is 13.8 Å². The Bertz CT molecular complexity index is 432. The van der Waals surface area contributed by atoms with Crippen LogP contribution in [0.25, 0.3) is 0 Å². The number of phenolic OH excluding ortho intramolecular Hbond substituents is 1. The standard InChI is InChI=1S/C11H14ClNO3/c1-5-3-9(14)10(12)6(2)7(5)4-8(13)11(15)16/h3,8,14H,4,13H2,1-2H3,(H,15,16). The summed E-state index contributed by atoms with van der Waals surface area (Å²) < 4.78 is 0. The minimum absolute atomic E-state index is 0.00399. The first-order chi connectivity index (χ1) is 7.34. The Hall–Kier alpha value is -1.26. The molecule has 0 fully saturated rings. The molecule has 0 spiro atoms. The number of carboxylic acids is 1. The lowest BCUT2D eigenvalue weighted by Gasteiger charge is -2.14. The first-order valence-corrected chi connectivity index (χ1v) is 5.18. The minimum atomic E-state index is -1.05. The van der Waals surface area contributed by atoms with Crippen molar-refractivity contribution >= 4 is 17.6 Å². The number of aryl methyl sites for hydroxylation is 1. The molecule has 0 heterocycles. The van der Waals surface area contributed by atoms with Crippen molar-refractivity contribution in [1.82, 2.24) is 0 Å². The zero-order valence-corrected chi connectivity index (χ0v) is 9.88. The SMILES string of the molecule is Cc1cc(O)c(Cl)c(C)c1CC(N)C(=O)O. The van der Waals surface area contributed by atoms with Crippen LogP contribution in [0.3, 0.4) is 0 Å². The number of benzene rings is 1. The molecule has 0 aromatic heterocycles. The molecule has 1 unspecified atom stereocenters. The quantitative estimate of drug-likeness (QED) is 0.753. The summed E-state index contributed by atoms with van der Waals surface area (Å²) in [5.74, 6) is -1.05. The Labute approximate surface area is 98.6 Å². The van der Waals surface area contributed by atoms with Crippen LogP contribution in [0.1, 0.15) is 16.7 Å². The van der Waals surface area contributed by atoms with Crippen molar-refractivity contribution in [2.45, 2.75) is 26.3 Å². The van der Waals surface area contributed by atoms with E-state index >= 15 is 0 Å². The summed E-state index contributed by atoms with van der Waals surface area (Å²) in [6, 6.07) is 0.553. The summed E-state index contributed by atoms with van der Waals surface area (Å²) in [6.07, 6.45) is 0.201. The highest BCUT2D eigenvalue weighted by atomic mass is 35.5. The molecular weight excluding hydrogens is 230 g/mol. The maximum atomic E-state index is 10.7. The Morgan fingerprint density at radius 3 is 2.62 bits per heavy atom. The first-order valence-electron chi connectivity index (χ1n) is 4.80. The number of phenols is 1. The van der Waals surface area contributed by atoms with Gasteiger partial charge in [-0.05, 0) is 43.0 Å². The molecular formula is C11H14ClNO3. The van der Waals surface area contributed by atoms with Crippen molar-refractivity contribution in [3.8, 4) is 5.75 Å². The lowest BCUT2D eigenvalue weighted by atomic mass is 9.96. The summed E-state index contributed by atoms with van der Waals surface area (Å²) in [4.78, 5) is 10.7. The van der Waals surface area contributed by atoms with Crippen molar-refractivity contribution < 1.29 is 15.0 Å². The molecule has 0 bridgehead atoms. The number of aliphatic carboxylic acids is 1. The third kappa shape index (κ3) is 2.46. The van der Waals surface area contributed by atoms with Crippen LogP contribution >= 0.6 is 11.6 Å². The van der Waals surface area contributed by atoms with Gasteiger partial charge in [0.1, 0.15) is 11.8 Å². The second-order valence-corrected chi connectivity index (χ2v) is 4.16. The number of carboxylic acid groups (broad SMARTS) is 1. The molecule has 0 aliphatic heterocycles. The molecule has 0 amide bonds. The molecule has 1 aromatic rings. The Kier molecular flexibility index (Phi) is 3.78. The fourth-order valence-electron chi connectivity index (χ4n) is 1.60. The molecule has 1 rings (SSSR count). The van der Waals surface area contributed by atoms with E-state index in [0.29, 0.717) is 5.56 Å². The van der Waals surface area contributed by atoms with Crippen LogP contribution < -0.4 is 5.73 Å². The van der Waals surface area contributed by atoms with Gasteiger partial charge in [0.25, 0.3) is 0 Å². The average Bonchev–Trinajstić information content (AvgIpc) is 2.20. The van der Waals surface area contributed by atoms with Crippen LogP contribution in [-0.2, 0) is 11.2 Å². The lowest BCUT2D eigenvalue weighted by Crippen LogP contribution is -2.32. The van der Waals surface area contributed by atoms with Crippen molar-refractivity contribution in [3.05, 3.63) is 27.8 Å². The highest BCUT2D eigenvalue weighted by molar-refractivity contribution is 6.32. The number of rotatable bonds is 3. The van der Waals surface area contributed by atoms with E-state index in [2.05, 4.69) is 0 Å². The summed E-state index contributed by atoms with van der Waals surface area (Å²) in [7, 11) is 0. The van der Waals surface area contributed by atoms with E-state index < -0.39 is 12.0 Å². The monoisotopic (exact) mass is 243 g/mol. The summed E-state index contributed by atoms with van der Waals surface area (Å²) >= 11 is 5.88. The van der Waals surface area contributed by atoms with E-state index in [9.17, 15) is 9.90 Å². The number of hydrogen-bond donors (Lipinski definition) is 3. The molecule has 0 radical (unpaired) electrons. The number of aromatic hydroxyl groups is 1. The van der Waals surface area contributed by atoms with Gasteiger partial charge in [-0.25, -0.2) is 0 Å². The van der Waals surface area contributed by atoms with E-state index in [0.717, 1.165) is 11.1 Å². The molecule has 5 heteroatoms. The lowest BCUT2D eigenvalue weighted by molar-refractivity contribution is -0.138. The second-order valence-electron chi connectivity index (χ2n) is 3.78. The largest absolute Gasteiger partial charge is 0.506 e. The zero-order chi connectivity index (χ0) is 12.5. The molecule has 4 N–H and O–H groups in total. The molecule has 0 saturated heterocycles. The summed E-state index contributed by atoms with van der Waals surface area (Å²) in [5.41, 5.74) is 7.71. The van der Waals surface area contributed by atoms with Gasteiger partial charge in [0.15, 0.2) is 0 Å². The molecule has 4 nitrogen and oxygen atoms in total. The number of carbonyl (C=O) groups is 1. The van der Waals surface area contributed by atoms with E-state index in [1.807, 2.05) is 0 Å². The normalized spacial score (nSPS) is 12.5. The topological polar surface area (TPSA) is 83.5 Å². The highest BCUT2D eigenvalue weighted by Gasteiger charge is 2.17. The van der Waals surface area contributed by atoms with Gasteiger partial charge in [-0.3, -0.25) is 4.79 Å². The van der Waals surface area contributed by atoms with Crippen LogP contribution in [0.2, 0.25) is 5.02 Å². The Morgan fingerprint density at radius 2 is 2.12 bits per heavy atom. The predicted molar refractivity (Wildman–Crippen MR) is 61.9 cm³/mol. The van der Waals surface area contributed by atoms with E-state index in [1.54, 1.807) is 13.8 Å². The third-order valence-electron chi connectivity index (χ3n) is 2.58. The van der Waals surface area contributed by atoms with Crippen molar-refractivity contribution in [2.75, 3.05) is 0 Å². The van der Waals surface area contributed by atoms with Gasteiger partial charge < -0.3 is 15.9 Å². The molecule has 16 heavy (non-hydrogen) atoms. The van der Waals surface area contributed by atoms with E-state index in [1.165, 1.54) is 6.07 Å². The zero-order valence-electron chi connectivity index (χ0n) is 9.12. The van der Waals surface area contributed by atoms with Crippen molar-refractivity contribution in [3.63, 3.8) is 0 Å². The first kappa shape index (κ1) is 12.8. The van der Waals surface area contributed by atoms with Crippen LogP contribution in [0.5, 0.6) is 5.75 Å². The molecule has 88 valence electrons. The van der Waals surface area contributed by atoms with Crippen LogP contribution in [0.15, 0.2) is 6.07 Å². The van der Waals surface area contributed by atoms with Gasteiger partial charge in [-0.1, -0.05) is 11.6 Å². The van der Waals surface area contributed by atoms with Crippen LogP contribution in [0.4, 0.5) is 0 Å². The molecule has 1 aromatic carbocycles.